The summed E-state index contributed by atoms with van der Waals surface area (Å²) in [6, 6.07) is 19.5. The van der Waals surface area contributed by atoms with Crippen LogP contribution in [0.25, 0.3) is 5.57 Å². The van der Waals surface area contributed by atoms with E-state index in [1.54, 1.807) is 20.4 Å². The molecule has 0 bridgehead atoms. The number of nitrogens with zero attached hydrogens (tertiary/aromatic N) is 2. The molecular weight excluding hydrogens is 376 g/mol. The first-order chi connectivity index (χ1) is 14.7. The molecule has 0 saturated carbocycles. The highest BCUT2D eigenvalue weighted by atomic mass is 16.5. The molecule has 0 spiro atoms. The number of rotatable bonds is 6. The molecule has 152 valence electrons. The summed E-state index contributed by atoms with van der Waals surface area (Å²) in [5.74, 6) is 2.80. The Morgan fingerprint density at radius 1 is 0.967 bits per heavy atom. The summed E-state index contributed by atoms with van der Waals surface area (Å²) in [5, 5.41) is 11.9. The van der Waals surface area contributed by atoms with Gasteiger partial charge in [0.2, 0.25) is 0 Å². The molecule has 0 amide bonds. The summed E-state index contributed by atoms with van der Waals surface area (Å²) >= 11 is 0. The lowest BCUT2D eigenvalue weighted by Crippen LogP contribution is -2.33. The SMILES string of the molecule is COc1ccccc1Nc1cc(C2=CCN(c3ccccc3OC)C(=N)C2)ccn1. The molecule has 2 heterocycles. The third-order valence-corrected chi connectivity index (χ3v) is 5.08. The van der Waals surface area contributed by atoms with Crippen LogP contribution in [0.3, 0.4) is 0 Å². The topological polar surface area (TPSA) is 70.5 Å². The Bertz CT molecular complexity index is 1090. The van der Waals surface area contributed by atoms with Crippen molar-refractivity contribution in [1.29, 1.82) is 5.41 Å². The lowest BCUT2D eigenvalue weighted by atomic mass is 9.99. The Hall–Kier alpha value is -3.80. The third kappa shape index (κ3) is 3.98. The Balaban J connectivity index is 1.56. The van der Waals surface area contributed by atoms with E-state index in [9.17, 15) is 0 Å². The van der Waals surface area contributed by atoms with E-state index in [0.29, 0.717) is 18.8 Å². The first kappa shape index (κ1) is 19.5. The second-order valence-corrected chi connectivity index (χ2v) is 6.89. The second kappa shape index (κ2) is 8.69. The molecule has 0 unspecified atom stereocenters. The van der Waals surface area contributed by atoms with E-state index in [1.165, 1.54) is 0 Å². The lowest BCUT2D eigenvalue weighted by molar-refractivity contribution is 0.415. The predicted molar refractivity (Wildman–Crippen MR) is 121 cm³/mol. The van der Waals surface area contributed by atoms with E-state index in [2.05, 4.69) is 16.4 Å². The molecule has 0 atom stereocenters. The first-order valence-corrected chi connectivity index (χ1v) is 9.73. The third-order valence-electron chi connectivity index (χ3n) is 5.08. The van der Waals surface area contributed by atoms with E-state index in [4.69, 9.17) is 14.9 Å². The maximum absolute atomic E-state index is 8.60. The molecule has 1 aliphatic heterocycles. The highest BCUT2D eigenvalue weighted by Gasteiger charge is 2.21. The van der Waals surface area contributed by atoms with Crippen LogP contribution in [-0.4, -0.2) is 31.6 Å². The van der Waals surface area contributed by atoms with Gasteiger partial charge in [-0.05, 0) is 47.5 Å². The minimum absolute atomic E-state index is 0.535. The van der Waals surface area contributed by atoms with Gasteiger partial charge in [0.25, 0.3) is 0 Å². The largest absolute Gasteiger partial charge is 0.495 e. The molecule has 0 fully saturated rings. The van der Waals surface area contributed by atoms with Crippen molar-refractivity contribution < 1.29 is 9.47 Å². The number of hydrogen-bond acceptors (Lipinski definition) is 5. The number of amidine groups is 1. The molecule has 3 aromatic rings. The minimum atomic E-state index is 0.535. The number of ether oxygens (including phenoxy) is 2. The molecule has 4 rings (SSSR count). The molecule has 0 radical (unpaired) electrons. The number of anilines is 3. The van der Waals surface area contributed by atoms with Crippen molar-refractivity contribution in [3.63, 3.8) is 0 Å². The fraction of sp³-hybridized carbons (Fsp3) is 0.167. The van der Waals surface area contributed by atoms with Gasteiger partial charge in [0, 0.05) is 19.2 Å². The Morgan fingerprint density at radius 2 is 1.70 bits per heavy atom. The first-order valence-electron chi connectivity index (χ1n) is 9.73. The van der Waals surface area contributed by atoms with E-state index in [-0.39, 0.29) is 0 Å². The van der Waals surface area contributed by atoms with Crippen LogP contribution in [0.15, 0.2) is 72.9 Å². The van der Waals surface area contributed by atoms with Crippen molar-refractivity contribution in [3.05, 3.63) is 78.5 Å². The Morgan fingerprint density at radius 3 is 2.47 bits per heavy atom. The van der Waals surface area contributed by atoms with E-state index >= 15 is 0 Å². The molecule has 2 aromatic carbocycles. The van der Waals surface area contributed by atoms with Crippen molar-refractivity contribution in [2.24, 2.45) is 0 Å². The zero-order chi connectivity index (χ0) is 20.9. The summed E-state index contributed by atoms with van der Waals surface area (Å²) in [5.41, 5.74) is 3.93. The number of pyridine rings is 1. The van der Waals surface area contributed by atoms with Crippen LogP contribution in [0.1, 0.15) is 12.0 Å². The molecule has 0 aliphatic carbocycles. The molecule has 0 saturated heterocycles. The zero-order valence-electron chi connectivity index (χ0n) is 17.1. The molecule has 1 aromatic heterocycles. The van der Waals surface area contributed by atoms with Gasteiger partial charge in [-0.25, -0.2) is 4.98 Å². The number of benzene rings is 2. The van der Waals surface area contributed by atoms with E-state index in [1.807, 2.05) is 65.6 Å². The van der Waals surface area contributed by atoms with E-state index in [0.717, 1.165) is 39.8 Å². The van der Waals surface area contributed by atoms with Crippen LogP contribution >= 0.6 is 0 Å². The maximum Gasteiger partial charge on any atom is 0.142 e. The van der Waals surface area contributed by atoms with Crippen LogP contribution in [0.5, 0.6) is 11.5 Å². The Kier molecular flexibility index (Phi) is 5.66. The molecular formula is C24H24N4O2. The number of methoxy groups -OCH3 is 2. The van der Waals surface area contributed by atoms with Crippen LogP contribution < -0.4 is 19.7 Å². The van der Waals surface area contributed by atoms with Gasteiger partial charge in [0.05, 0.1) is 25.6 Å². The van der Waals surface area contributed by atoms with Gasteiger partial charge in [-0.15, -0.1) is 0 Å². The van der Waals surface area contributed by atoms with Gasteiger partial charge in [0.1, 0.15) is 23.2 Å². The summed E-state index contributed by atoms with van der Waals surface area (Å²) in [7, 11) is 3.30. The standard InChI is InChI=1S/C24H24N4O2/c1-29-21-9-5-3-7-19(21)27-24-16-17(11-13-26-24)18-12-14-28(23(25)15-18)20-8-4-6-10-22(20)30-2/h3-13,16,25H,14-15H2,1-2H3,(H,26,27). The van der Waals surface area contributed by atoms with Gasteiger partial charge >= 0.3 is 0 Å². The summed E-state index contributed by atoms with van der Waals surface area (Å²) in [4.78, 5) is 6.40. The van der Waals surface area contributed by atoms with Gasteiger partial charge < -0.3 is 19.7 Å². The van der Waals surface area contributed by atoms with Gasteiger partial charge in [-0.1, -0.05) is 30.3 Å². The fourth-order valence-corrected chi connectivity index (χ4v) is 3.56. The average molecular weight is 400 g/mol. The predicted octanol–water partition coefficient (Wildman–Crippen LogP) is 5.11. The Labute approximate surface area is 176 Å². The molecule has 6 nitrogen and oxygen atoms in total. The maximum atomic E-state index is 8.60. The number of para-hydroxylation sites is 4. The monoisotopic (exact) mass is 400 g/mol. The van der Waals surface area contributed by atoms with Crippen molar-refractivity contribution in [2.75, 3.05) is 31.0 Å². The van der Waals surface area contributed by atoms with Crippen molar-refractivity contribution in [2.45, 2.75) is 6.42 Å². The van der Waals surface area contributed by atoms with E-state index < -0.39 is 0 Å². The van der Waals surface area contributed by atoms with Crippen LogP contribution in [0, 0.1) is 5.41 Å². The molecule has 30 heavy (non-hydrogen) atoms. The minimum Gasteiger partial charge on any atom is -0.495 e. The van der Waals surface area contributed by atoms with Crippen LogP contribution in [-0.2, 0) is 0 Å². The normalized spacial score (nSPS) is 13.6. The quantitative estimate of drug-likeness (QED) is 0.601. The molecule has 6 heteroatoms. The lowest BCUT2D eigenvalue weighted by Gasteiger charge is -2.30. The van der Waals surface area contributed by atoms with Crippen molar-refractivity contribution in [1.82, 2.24) is 4.98 Å². The summed E-state index contributed by atoms with van der Waals surface area (Å²) < 4.78 is 10.9. The average Bonchev–Trinajstić information content (AvgIpc) is 2.79. The second-order valence-electron chi connectivity index (χ2n) is 6.89. The highest BCUT2D eigenvalue weighted by molar-refractivity contribution is 6.04. The summed E-state index contributed by atoms with van der Waals surface area (Å²) in [6.07, 6.45) is 4.48. The van der Waals surface area contributed by atoms with Crippen molar-refractivity contribution >= 4 is 28.6 Å². The summed E-state index contributed by atoms with van der Waals surface area (Å²) in [6.45, 7) is 0.617. The number of aromatic nitrogens is 1. The highest BCUT2D eigenvalue weighted by Crippen LogP contribution is 2.33. The van der Waals surface area contributed by atoms with Crippen molar-refractivity contribution in [3.8, 4) is 11.5 Å². The van der Waals surface area contributed by atoms with Gasteiger partial charge in [-0.3, -0.25) is 5.41 Å². The van der Waals surface area contributed by atoms with Gasteiger partial charge in [0.15, 0.2) is 0 Å². The van der Waals surface area contributed by atoms with Crippen LogP contribution in [0.2, 0.25) is 0 Å². The van der Waals surface area contributed by atoms with Gasteiger partial charge in [-0.2, -0.15) is 0 Å². The fourth-order valence-electron chi connectivity index (χ4n) is 3.56. The smallest absolute Gasteiger partial charge is 0.142 e. The number of hydrogen-bond donors (Lipinski definition) is 2. The zero-order valence-corrected chi connectivity index (χ0v) is 17.1. The number of nitrogens with one attached hydrogen (secondary N) is 2. The van der Waals surface area contributed by atoms with Crippen LogP contribution in [0.4, 0.5) is 17.2 Å². The molecule has 2 N–H and O–H groups in total. The molecule has 1 aliphatic rings.